The first-order valence-corrected chi connectivity index (χ1v) is 7.51. The van der Waals surface area contributed by atoms with Crippen molar-refractivity contribution in [2.45, 2.75) is 32.9 Å². The number of esters is 1. The summed E-state index contributed by atoms with van der Waals surface area (Å²) in [7, 11) is 1.42. The summed E-state index contributed by atoms with van der Waals surface area (Å²) in [6, 6.07) is 11.6. The van der Waals surface area contributed by atoms with E-state index < -0.39 is 0 Å². The van der Waals surface area contributed by atoms with E-state index in [2.05, 4.69) is 24.3 Å². The summed E-state index contributed by atoms with van der Waals surface area (Å²) in [5, 5.41) is 7.75. The number of benzene rings is 1. The molecule has 1 aromatic heterocycles. The Balaban J connectivity index is 1.98. The van der Waals surface area contributed by atoms with Crippen molar-refractivity contribution >= 4 is 5.97 Å². The minimum Gasteiger partial charge on any atom is -0.468 e. The van der Waals surface area contributed by atoms with Crippen LogP contribution in [0.4, 0.5) is 0 Å². The molecule has 1 aromatic carbocycles. The van der Waals surface area contributed by atoms with E-state index in [1.165, 1.54) is 7.11 Å². The van der Waals surface area contributed by atoms with Crippen LogP contribution in [0.25, 0.3) is 5.69 Å². The maximum Gasteiger partial charge on any atom is 0.322 e. The zero-order valence-corrected chi connectivity index (χ0v) is 13.3. The molecule has 0 radical (unpaired) electrons. The molecule has 22 heavy (non-hydrogen) atoms. The first-order chi connectivity index (χ1) is 10.6. The molecule has 0 saturated carbocycles. The van der Waals surface area contributed by atoms with Crippen molar-refractivity contribution in [1.29, 1.82) is 0 Å². The minimum absolute atomic E-state index is 0.226. The van der Waals surface area contributed by atoms with E-state index >= 15 is 0 Å². The topological polar surface area (TPSA) is 56.1 Å². The van der Waals surface area contributed by atoms with Gasteiger partial charge in [0.25, 0.3) is 0 Å². The number of methoxy groups -OCH3 is 1. The smallest absolute Gasteiger partial charge is 0.322 e. The summed E-state index contributed by atoms with van der Waals surface area (Å²) in [5.74, 6) is 0.190. The lowest BCUT2D eigenvalue weighted by molar-refractivity contribution is -0.143. The van der Waals surface area contributed by atoms with E-state index in [1.807, 2.05) is 47.3 Å². The summed E-state index contributed by atoms with van der Waals surface area (Å²) < 4.78 is 6.68. The number of aromatic nitrogens is 2. The van der Waals surface area contributed by atoms with Gasteiger partial charge in [-0.05, 0) is 30.5 Å². The van der Waals surface area contributed by atoms with Crippen molar-refractivity contribution in [3.8, 4) is 5.69 Å². The van der Waals surface area contributed by atoms with Gasteiger partial charge in [0.05, 0.1) is 18.5 Å². The normalized spacial score (nSPS) is 12.4. The van der Waals surface area contributed by atoms with E-state index in [9.17, 15) is 4.79 Å². The van der Waals surface area contributed by atoms with Gasteiger partial charge in [0, 0.05) is 12.7 Å². The van der Waals surface area contributed by atoms with Gasteiger partial charge in [-0.2, -0.15) is 5.10 Å². The fraction of sp³-hybridized carbons (Fsp3) is 0.412. The van der Waals surface area contributed by atoms with Crippen molar-refractivity contribution in [2.75, 3.05) is 7.11 Å². The second kappa shape index (κ2) is 7.75. The molecule has 2 rings (SSSR count). The number of para-hydroxylation sites is 1. The van der Waals surface area contributed by atoms with Crippen LogP contribution in [0, 0.1) is 5.92 Å². The van der Waals surface area contributed by atoms with Crippen molar-refractivity contribution in [1.82, 2.24) is 15.1 Å². The molecule has 0 aliphatic heterocycles. The number of carbonyl (C=O) groups is 1. The van der Waals surface area contributed by atoms with Crippen LogP contribution in [-0.2, 0) is 16.1 Å². The molecular formula is C17H23N3O2. The first kappa shape index (κ1) is 16.2. The summed E-state index contributed by atoms with van der Waals surface area (Å²) in [6.45, 7) is 4.70. The van der Waals surface area contributed by atoms with Gasteiger partial charge < -0.3 is 4.74 Å². The number of carbonyl (C=O) groups excluding carboxylic acids is 1. The maximum absolute atomic E-state index is 11.8. The Labute approximate surface area is 131 Å². The lowest BCUT2D eigenvalue weighted by Gasteiger charge is -2.17. The molecule has 1 heterocycles. The lowest BCUT2D eigenvalue weighted by atomic mass is 10.0. The summed E-state index contributed by atoms with van der Waals surface area (Å²) in [5.41, 5.74) is 1.90. The Morgan fingerprint density at radius 1 is 1.27 bits per heavy atom. The zero-order valence-electron chi connectivity index (χ0n) is 13.3. The number of hydrogen-bond donors (Lipinski definition) is 1. The standard InChI is InChI=1S/C17H23N3O2/c1-13(2)11-16(17(21)22-3)18-12-14-9-10-20(19-14)15-7-5-4-6-8-15/h4-10,13,16,18H,11-12H2,1-3H3. The van der Waals surface area contributed by atoms with E-state index in [-0.39, 0.29) is 12.0 Å². The average Bonchev–Trinajstić information content (AvgIpc) is 3.00. The Morgan fingerprint density at radius 3 is 2.64 bits per heavy atom. The minimum atomic E-state index is -0.299. The van der Waals surface area contributed by atoms with E-state index in [4.69, 9.17) is 4.74 Å². The van der Waals surface area contributed by atoms with Gasteiger partial charge in [0.1, 0.15) is 6.04 Å². The number of nitrogens with one attached hydrogen (secondary N) is 1. The molecule has 1 unspecified atom stereocenters. The van der Waals surface area contributed by atoms with Gasteiger partial charge in [-0.15, -0.1) is 0 Å². The highest BCUT2D eigenvalue weighted by Crippen LogP contribution is 2.09. The highest BCUT2D eigenvalue weighted by molar-refractivity contribution is 5.75. The number of ether oxygens (including phenoxy) is 1. The molecular weight excluding hydrogens is 278 g/mol. The SMILES string of the molecule is COC(=O)C(CC(C)C)NCc1ccn(-c2ccccc2)n1. The van der Waals surface area contributed by atoms with Crippen molar-refractivity contribution in [2.24, 2.45) is 5.92 Å². The third-order valence-corrected chi connectivity index (χ3v) is 3.39. The van der Waals surface area contributed by atoms with E-state index in [0.717, 1.165) is 17.8 Å². The van der Waals surface area contributed by atoms with Crippen LogP contribution in [0.2, 0.25) is 0 Å². The van der Waals surface area contributed by atoms with Gasteiger partial charge in [-0.25, -0.2) is 4.68 Å². The van der Waals surface area contributed by atoms with Gasteiger partial charge in [0.2, 0.25) is 0 Å². The summed E-state index contributed by atoms with van der Waals surface area (Å²) >= 11 is 0. The largest absolute Gasteiger partial charge is 0.468 e. The van der Waals surface area contributed by atoms with Crippen LogP contribution in [-0.4, -0.2) is 28.9 Å². The van der Waals surface area contributed by atoms with Crippen molar-refractivity contribution in [3.05, 3.63) is 48.3 Å². The van der Waals surface area contributed by atoms with Crippen molar-refractivity contribution in [3.63, 3.8) is 0 Å². The third kappa shape index (κ3) is 4.43. The molecule has 0 spiro atoms. The summed E-state index contributed by atoms with van der Waals surface area (Å²) in [4.78, 5) is 11.8. The predicted octanol–water partition coefficient (Wildman–Crippen LogP) is 2.55. The van der Waals surface area contributed by atoms with Crippen LogP contribution < -0.4 is 5.32 Å². The monoisotopic (exact) mass is 301 g/mol. The molecule has 5 nitrogen and oxygen atoms in total. The Kier molecular flexibility index (Phi) is 5.72. The first-order valence-electron chi connectivity index (χ1n) is 7.51. The van der Waals surface area contributed by atoms with E-state index in [1.54, 1.807) is 0 Å². The van der Waals surface area contributed by atoms with Crippen LogP contribution in [0.15, 0.2) is 42.6 Å². The highest BCUT2D eigenvalue weighted by atomic mass is 16.5. The van der Waals surface area contributed by atoms with Crippen LogP contribution in [0.3, 0.4) is 0 Å². The van der Waals surface area contributed by atoms with Gasteiger partial charge >= 0.3 is 5.97 Å². The van der Waals surface area contributed by atoms with Crippen LogP contribution >= 0.6 is 0 Å². The van der Waals surface area contributed by atoms with Gasteiger partial charge in [0.15, 0.2) is 0 Å². The quantitative estimate of drug-likeness (QED) is 0.799. The predicted molar refractivity (Wildman–Crippen MR) is 85.7 cm³/mol. The van der Waals surface area contributed by atoms with Crippen LogP contribution in [0.5, 0.6) is 0 Å². The zero-order chi connectivity index (χ0) is 15.9. The fourth-order valence-corrected chi connectivity index (χ4v) is 2.28. The lowest BCUT2D eigenvalue weighted by Crippen LogP contribution is -2.38. The molecule has 118 valence electrons. The molecule has 0 amide bonds. The molecule has 1 N–H and O–H groups in total. The summed E-state index contributed by atoms with van der Waals surface area (Å²) in [6.07, 6.45) is 2.66. The molecule has 2 aromatic rings. The molecule has 5 heteroatoms. The highest BCUT2D eigenvalue weighted by Gasteiger charge is 2.20. The Hall–Kier alpha value is -2.14. The number of hydrogen-bond acceptors (Lipinski definition) is 4. The van der Waals surface area contributed by atoms with Crippen LogP contribution in [0.1, 0.15) is 26.0 Å². The van der Waals surface area contributed by atoms with Gasteiger partial charge in [-0.1, -0.05) is 32.0 Å². The van der Waals surface area contributed by atoms with E-state index in [0.29, 0.717) is 12.5 Å². The number of nitrogens with zero attached hydrogens (tertiary/aromatic N) is 2. The molecule has 1 atom stereocenters. The Morgan fingerprint density at radius 2 is 2.00 bits per heavy atom. The average molecular weight is 301 g/mol. The number of rotatable bonds is 7. The van der Waals surface area contributed by atoms with Gasteiger partial charge in [-0.3, -0.25) is 10.1 Å². The maximum atomic E-state index is 11.8. The molecule has 0 fully saturated rings. The second-order valence-corrected chi connectivity index (χ2v) is 5.67. The molecule has 0 bridgehead atoms. The molecule has 0 aliphatic carbocycles. The Bertz CT molecular complexity index is 593. The molecule has 0 aliphatic rings. The fourth-order valence-electron chi connectivity index (χ4n) is 2.28. The second-order valence-electron chi connectivity index (χ2n) is 5.67. The van der Waals surface area contributed by atoms with Crippen molar-refractivity contribution < 1.29 is 9.53 Å². The third-order valence-electron chi connectivity index (χ3n) is 3.39. The molecule has 0 saturated heterocycles.